The van der Waals surface area contributed by atoms with Gasteiger partial charge < -0.3 is 15.2 Å². The normalized spacial score (nSPS) is 22.3. The van der Waals surface area contributed by atoms with Crippen LogP contribution >= 0.6 is 0 Å². The minimum absolute atomic E-state index is 0.000460. The molecular formula is C24H27N3O4. The number of amides is 1. The van der Waals surface area contributed by atoms with Crippen molar-refractivity contribution in [2.45, 2.75) is 38.3 Å². The molecule has 2 aromatic rings. The van der Waals surface area contributed by atoms with Gasteiger partial charge in [0.15, 0.2) is 17.3 Å². The number of aliphatic imine (C=N–C) groups is 1. The minimum Gasteiger partial charge on any atom is -0.488 e. The van der Waals surface area contributed by atoms with Gasteiger partial charge >= 0.3 is 0 Å². The molecule has 0 fully saturated rings. The van der Waals surface area contributed by atoms with Crippen LogP contribution in [0, 0.1) is 0 Å². The second-order valence-electron chi connectivity index (χ2n) is 8.06. The number of ketones is 1. The van der Waals surface area contributed by atoms with Crippen LogP contribution in [0.1, 0.15) is 42.6 Å². The molecule has 7 nitrogen and oxygen atoms in total. The van der Waals surface area contributed by atoms with Gasteiger partial charge in [0.2, 0.25) is 0 Å². The van der Waals surface area contributed by atoms with Crippen LogP contribution in [0.15, 0.2) is 47.5 Å². The van der Waals surface area contributed by atoms with E-state index in [2.05, 4.69) is 4.99 Å². The molecule has 1 spiro atoms. The van der Waals surface area contributed by atoms with E-state index in [1.54, 1.807) is 20.0 Å². The standard InChI is InChI=1S/C24H27N3O4/c1-4-10-30-14-19-13-24(22(29)27(3)23(25)26-24)20-12-18(8-9-21(20)31-19)17-7-5-6-16(11-17)15(2)28/h5-9,11-12,19H,4,10,13-14H2,1-3H3,(H2,25,26)/t19-,24-/m0/s1. The smallest absolute Gasteiger partial charge is 0.261 e. The molecule has 2 heterocycles. The second-order valence-corrected chi connectivity index (χ2v) is 8.06. The fourth-order valence-corrected chi connectivity index (χ4v) is 4.17. The molecule has 2 aromatic carbocycles. The Bertz CT molecular complexity index is 1060. The minimum atomic E-state index is -1.14. The van der Waals surface area contributed by atoms with Crippen LogP contribution in [0.25, 0.3) is 11.1 Å². The summed E-state index contributed by atoms with van der Waals surface area (Å²) in [6.07, 6.45) is 0.951. The number of likely N-dealkylation sites (N-methyl/N-ethyl adjacent to an activating group) is 1. The van der Waals surface area contributed by atoms with Gasteiger partial charge in [0.1, 0.15) is 11.9 Å². The summed E-state index contributed by atoms with van der Waals surface area (Å²) in [6, 6.07) is 13.1. The molecule has 0 aromatic heterocycles. The number of ether oxygens (including phenoxy) is 2. The molecular weight excluding hydrogens is 394 g/mol. The molecule has 4 rings (SSSR count). The zero-order chi connectivity index (χ0) is 22.2. The lowest BCUT2D eigenvalue weighted by Crippen LogP contribution is -2.46. The zero-order valence-electron chi connectivity index (χ0n) is 18.1. The van der Waals surface area contributed by atoms with E-state index in [4.69, 9.17) is 15.2 Å². The van der Waals surface area contributed by atoms with Crippen LogP contribution in [0.2, 0.25) is 0 Å². The zero-order valence-corrected chi connectivity index (χ0v) is 18.1. The highest BCUT2D eigenvalue weighted by Gasteiger charge is 2.53. The lowest BCUT2D eigenvalue weighted by molar-refractivity contribution is -0.132. The van der Waals surface area contributed by atoms with Gasteiger partial charge in [0.05, 0.1) is 6.61 Å². The molecule has 0 saturated heterocycles. The molecule has 0 unspecified atom stereocenters. The number of Topliss-reactive ketones (excluding diaryl/α,β-unsaturated/α-hetero) is 1. The van der Waals surface area contributed by atoms with Crippen LogP contribution in [-0.4, -0.2) is 48.9 Å². The lowest BCUT2D eigenvalue weighted by Gasteiger charge is -2.36. The quantitative estimate of drug-likeness (QED) is 0.571. The first kappa shape index (κ1) is 21.1. The van der Waals surface area contributed by atoms with Gasteiger partial charge in [-0.05, 0) is 42.7 Å². The van der Waals surface area contributed by atoms with Crippen LogP contribution in [0.3, 0.4) is 0 Å². The maximum absolute atomic E-state index is 13.3. The summed E-state index contributed by atoms with van der Waals surface area (Å²) in [5.41, 5.74) is 7.98. The van der Waals surface area contributed by atoms with Crippen molar-refractivity contribution in [3.05, 3.63) is 53.6 Å². The number of fused-ring (bicyclic) bond motifs is 2. The highest BCUT2D eigenvalue weighted by molar-refractivity contribution is 6.07. The summed E-state index contributed by atoms with van der Waals surface area (Å²) < 4.78 is 11.9. The molecule has 0 aliphatic carbocycles. The number of carbonyl (C=O) groups is 2. The number of hydrogen-bond acceptors (Lipinski definition) is 6. The third kappa shape index (κ3) is 3.70. The average molecular weight is 421 g/mol. The van der Waals surface area contributed by atoms with E-state index >= 15 is 0 Å². The molecule has 31 heavy (non-hydrogen) atoms. The van der Waals surface area contributed by atoms with Gasteiger partial charge in [-0.2, -0.15) is 0 Å². The van der Waals surface area contributed by atoms with Crippen molar-refractivity contribution < 1.29 is 19.1 Å². The van der Waals surface area contributed by atoms with E-state index in [0.29, 0.717) is 36.5 Å². The van der Waals surface area contributed by atoms with Crippen LogP contribution in [-0.2, 0) is 15.1 Å². The Morgan fingerprint density at radius 1 is 1.29 bits per heavy atom. The Hall–Kier alpha value is -3.19. The van der Waals surface area contributed by atoms with Crippen molar-refractivity contribution in [1.29, 1.82) is 0 Å². The largest absolute Gasteiger partial charge is 0.488 e. The number of nitrogens with zero attached hydrogens (tertiary/aromatic N) is 2. The molecule has 162 valence electrons. The van der Waals surface area contributed by atoms with Crippen molar-refractivity contribution >= 4 is 17.6 Å². The number of benzene rings is 2. The predicted molar refractivity (Wildman–Crippen MR) is 118 cm³/mol. The molecule has 0 bridgehead atoms. The summed E-state index contributed by atoms with van der Waals surface area (Å²) in [4.78, 5) is 31.1. The monoisotopic (exact) mass is 421 g/mol. The summed E-state index contributed by atoms with van der Waals surface area (Å²) >= 11 is 0. The van der Waals surface area contributed by atoms with Crippen LogP contribution in [0.5, 0.6) is 5.75 Å². The SMILES string of the molecule is CCCOC[C@@H]1C[C@]2(N=C(N)N(C)C2=O)c2cc(-c3cccc(C(C)=O)c3)ccc2O1. The Labute approximate surface area is 181 Å². The van der Waals surface area contributed by atoms with Gasteiger partial charge in [-0.25, -0.2) is 4.99 Å². The van der Waals surface area contributed by atoms with Crippen molar-refractivity contribution in [2.24, 2.45) is 10.7 Å². The predicted octanol–water partition coefficient (Wildman–Crippen LogP) is 3.12. The molecule has 2 N–H and O–H groups in total. The van der Waals surface area contributed by atoms with Crippen LogP contribution < -0.4 is 10.5 Å². The van der Waals surface area contributed by atoms with Gasteiger partial charge in [-0.3, -0.25) is 14.5 Å². The summed E-state index contributed by atoms with van der Waals surface area (Å²) in [5.74, 6) is 0.613. The van der Waals surface area contributed by atoms with Crippen LogP contribution in [0.4, 0.5) is 0 Å². The number of nitrogens with two attached hydrogens (primary N) is 1. The summed E-state index contributed by atoms with van der Waals surface area (Å²) in [5, 5.41) is 0. The van der Waals surface area contributed by atoms with E-state index in [-0.39, 0.29) is 23.8 Å². The molecule has 2 aliphatic rings. The van der Waals surface area contributed by atoms with Gasteiger partial charge in [0.25, 0.3) is 5.91 Å². The Morgan fingerprint density at radius 3 is 2.74 bits per heavy atom. The number of carbonyl (C=O) groups excluding carboxylic acids is 2. The molecule has 0 saturated carbocycles. The first-order chi connectivity index (χ1) is 14.9. The van der Waals surface area contributed by atoms with Crippen molar-refractivity contribution in [2.75, 3.05) is 20.3 Å². The Kier molecular flexibility index (Phi) is 5.54. The molecule has 7 heteroatoms. The maximum Gasteiger partial charge on any atom is 0.261 e. The number of rotatable bonds is 6. The lowest BCUT2D eigenvalue weighted by atomic mass is 9.80. The summed E-state index contributed by atoms with van der Waals surface area (Å²) in [6.45, 7) is 4.59. The highest BCUT2D eigenvalue weighted by atomic mass is 16.5. The Morgan fingerprint density at radius 2 is 2.06 bits per heavy atom. The first-order valence-electron chi connectivity index (χ1n) is 10.5. The van der Waals surface area contributed by atoms with E-state index in [1.165, 1.54) is 4.90 Å². The topological polar surface area (TPSA) is 94.2 Å². The molecule has 0 radical (unpaired) electrons. The van der Waals surface area contributed by atoms with E-state index in [0.717, 1.165) is 17.5 Å². The molecule has 2 aliphatic heterocycles. The van der Waals surface area contributed by atoms with Crippen molar-refractivity contribution in [1.82, 2.24) is 4.90 Å². The Balaban J connectivity index is 1.79. The van der Waals surface area contributed by atoms with E-state index in [1.807, 2.05) is 43.3 Å². The molecule has 1 amide bonds. The maximum atomic E-state index is 13.3. The third-order valence-electron chi connectivity index (χ3n) is 5.80. The fraction of sp³-hybridized carbons (Fsp3) is 0.375. The third-order valence-corrected chi connectivity index (χ3v) is 5.80. The van der Waals surface area contributed by atoms with Gasteiger partial charge in [-0.15, -0.1) is 0 Å². The number of guanidine groups is 1. The van der Waals surface area contributed by atoms with Crippen molar-refractivity contribution in [3.63, 3.8) is 0 Å². The average Bonchev–Trinajstić information content (AvgIpc) is 2.98. The molecule has 2 atom stereocenters. The van der Waals surface area contributed by atoms with E-state index in [9.17, 15) is 9.59 Å². The summed E-state index contributed by atoms with van der Waals surface area (Å²) in [7, 11) is 1.63. The fourth-order valence-electron chi connectivity index (χ4n) is 4.17. The highest BCUT2D eigenvalue weighted by Crippen LogP contribution is 2.47. The van der Waals surface area contributed by atoms with E-state index < -0.39 is 5.54 Å². The first-order valence-corrected chi connectivity index (χ1v) is 10.5. The second kappa shape index (κ2) is 8.15. The van der Waals surface area contributed by atoms with Gasteiger partial charge in [-0.1, -0.05) is 31.2 Å². The van der Waals surface area contributed by atoms with Gasteiger partial charge in [0, 0.05) is 31.2 Å². The number of hydrogen-bond donors (Lipinski definition) is 1. The van der Waals surface area contributed by atoms with Crippen molar-refractivity contribution in [3.8, 4) is 16.9 Å².